The zero-order chi connectivity index (χ0) is 12.8. The van der Waals surface area contributed by atoms with E-state index in [1.807, 2.05) is 0 Å². The Bertz CT molecular complexity index is 356. The first kappa shape index (κ1) is 14.1. The van der Waals surface area contributed by atoms with Crippen LogP contribution in [0.1, 0.15) is 44.6 Å². The molecule has 2 heteroatoms. The van der Waals surface area contributed by atoms with Crippen molar-refractivity contribution in [3.8, 4) is 0 Å². The molecule has 1 saturated carbocycles. The van der Waals surface area contributed by atoms with E-state index in [9.17, 15) is 0 Å². The maximum Gasteiger partial charge on any atom is 0.0220 e. The standard InChI is InChI=1S/C16H24BrN/c1-2-13-7-9-14(10-8-13)11-18-12-15-5-3-4-6-16(15)17/h3-6,13-14,18H,2,7-12H2,1H3. The van der Waals surface area contributed by atoms with Crippen LogP contribution in [-0.4, -0.2) is 6.54 Å². The van der Waals surface area contributed by atoms with Gasteiger partial charge in [-0.15, -0.1) is 0 Å². The van der Waals surface area contributed by atoms with E-state index in [0.29, 0.717) is 0 Å². The van der Waals surface area contributed by atoms with E-state index in [0.717, 1.165) is 18.4 Å². The van der Waals surface area contributed by atoms with Crippen LogP contribution >= 0.6 is 15.9 Å². The van der Waals surface area contributed by atoms with Crippen LogP contribution in [0.5, 0.6) is 0 Å². The van der Waals surface area contributed by atoms with Gasteiger partial charge >= 0.3 is 0 Å². The molecule has 1 aromatic rings. The van der Waals surface area contributed by atoms with Gasteiger partial charge in [0.1, 0.15) is 0 Å². The van der Waals surface area contributed by atoms with Crippen LogP contribution in [0.2, 0.25) is 0 Å². The Labute approximate surface area is 119 Å². The molecule has 2 rings (SSSR count). The van der Waals surface area contributed by atoms with Crippen molar-refractivity contribution in [2.45, 2.75) is 45.6 Å². The number of hydrogen-bond donors (Lipinski definition) is 1. The number of nitrogens with one attached hydrogen (secondary N) is 1. The average molecular weight is 310 g/mol. The lowest BCUT2D eigenvalue weighted by atomic mass is 9.81. The third kappa shape index (κ3) is 4.10. The van der Waals surface area contributed by atoms with Gasteiger partial charge in [0.2, 0.25) is 0 Å². The summed E-state index contributed by atoms with van der Waals surface area (Å²) in [4.78, 5) is 0. The van der Waals surface area contributed by atoms with Gasteiger partial charge in [-0.25, -0.2) is 0 Å². The molecule has 1 fully saturated rings. The summed E-state index contributed by atoms with van der Waals surface area (Å²) < 4.78 is 1.21. The Kier molecular flexibility index (Phi) is 5.71. The van der Waals surface area contributed by atoms with Gasteiger partial charge in [0.25, 0.3) is 0 Å². The summed E-state index contributed by atoms with van der Waals surface area (Å²) in [6, 6.07) is 8.47. The summed E-state index contributed by atoms with van der Waals surface area (Å²) in [5.41, 5.74) is 1.36. The molecule has 100 valence electrons. The smallest absolute Gasteiger partial charge is 0.0220 e. The molecule has 1 aromatic carbocycles. The molecule has 1 aliphatic carbocycles. The Morgan fingerprint density at radius 2 is 1.78 bits per heavy atom. The van der Waals surface area contributed by atoms with Gasteiger partial charge in [0.15, 0.2) is 0 Å². The van der Waals surface area contributed by atoms with Gasteiger partial charge in [-0.3, -0.25) is 0 Å². The van der Waals surface area contributed by atoms with Crippen molar-refractivity contribution < 1.29 is 0 Å². The molecular weight excluding hydrogens is 286 g/mol. The molecule has 0 heterocycles. The minimum absolute atomic E-state index is 0.898. The van der Waals surface area contributed by atoms with Gasteiger partial charge in [-0.05, 0) is 42.9 Å². The van der Waals surface area contributed by atoms with Crippen LogP contribution in [-0.2, 0) is 6.54 Å². The van der Waals surface area contributed by atoms with Crippen LogP contribution in [0.25, 0.3) is 0 Å². The van der Waals surface area contributed by atoms with Crippen LogP contribution in [0.4, 0.5) is 0 Å². The fourth-order valence-electron chi connectivity index (χ4n) is 2.90. The van der Waals surface area contributed by atoms with Crippen LogP contribution in [0.3, 0.4) is 0 Å². The maximum absolute atomic E-state index is 3.62. The van der Waals surface area contributed by atoms with Gasteiger partial charge < -0.3 is 5.32 Å². The summed E-state index contributed by atoms with van der Waals surface area (Å²) in [5, 5.41) is 3.62. The second-order valence-electron chi connectivity index (χ2n) is 5.52. The predicted octanol–water partition coefficient (Wildman–Crippen LogP) is 4.76. The molecule has 1 N–H and O–H groups in total. The topological polar surface area (TPSA) is 12.0 Å². The average Bonchev–Trinajstić information content (AvgIpc) is 2.42. The van der Waals surface area contributed by atoms with E-state index in [2.05, 4.69) is 52.4 Å². The van der Waals surface area contributed by atoms with E-state index < -0.39 is 0 Å². The van der Waals surface area contributed by atoms with Crippen molar-refractivity contribution in [1.82, 2.24) is 5.32 Å². The molecule has 1 nitrogen and oxygen atoms in total. The predicted molar refractivity (Wildman–Crippen MR) is 81.6 cm³/mol. The monoisotopic (exact) mass is 309 g/mol. The van der Waals surface area contributed by atoms with E-state index in [-0.39, 0.29) is 0 Å². The zero-order valence-corrected chi connectivity index (χ0v) is 12.9. The van der Waals surface area contributed by atoms with E-state index in [1.165, 1.54) is 48.7 Å². The highest BCUT2D eigenvalue weighted by Gasteiger charge is 2.19. The lowest BCUT2D eigenvalue weighted by Gasteiger charge is -2.28. The first-order valence-electron chi connectivity index (χ1n) is 7.23. The van der Waals surface area contributed by atoms with E-state index >= 15 is 0 Å². The molecule has 0 saturated heterocycles. The minimum atomic E-state index is 0.898. The number of rotatable bonds is 5. The maximum atomic E-state index is 3.62. The van der Waals surface area contributed by atoms with E-state index in [4.69, 9.17) is 0 Å². The number of hydrogen-bond acceptors (Lipinski definition) is 1. The van der Waals surface area contributed by atoms with Crippen LogP contribution < -0.4 is 5.32 Å². The highest BCUT2D eigenvalue weighted by atomic mass is 79.9. The first-order valence-corrected chi connectivity index (χ1v) is 8.03. The molecule has 0 unspecified atom stereocenters. The second kappa shape index (κ2) is 7.30. The molecular formula is C16H24BrN. The fourth-order valence-corrected chi connectivity index (χ4v) is 3.32. The third-order valence-corrected chi connectivity index (χ3v) is 5.02. The molecule has 0 aliphatic heterocycles. The minimum Gasteiger partial charge on any atom is -0.312 e. The lowest BCUT2D eigenvalue weighted by Crippen LogP contribution is -2.26. The Balaban J connectivity index is 1.69. The normalized spacial score (nSPS) is 24.1. The summed E-state index contributed by atoms with van der Waals surface area (Å²) in [7, 11) is 0. The van der Waals surface area contributed by atoms with Gasteiger partial charge in [-0.2, -0.15) is 0 Å². The van der Waals surface area contributed by atoms with Crippen molar-refractivity contribution in [1.29, 1.82) is 0 Å². The Hall–Kier alpha value is -0.340. The quantitative estimate of drug-likeness (QED) is 0.827. The molecule has 0 bridgehead atoms. The second-order valence-corrected chi connectivity index (χ2v) is 6.37. The summed E-state index contributed by atoms with van der Waals surface area (Å²) >= 11 is 3.60. The van der Waals surface area contributed by atoms with Crippen molar-refractivity contribution in [3.05, 3.63) is 34.3 Å². The molecule has 0 spiro atoms. The van der Waals surface area contributed by atoms with Gasteiger partial charge in [0.05, 0.1) is 0 Å². The summed E-state index contributed by atoms with van der Waals surface area (Å²) in [6.07, 6.45) is 7.09. The van der Waals surface area contributed by atoms with Gasteiger partial charge in [-0.1, -0.05) is 60.3 Å². The van der Waals surface area contributed by atoms with Crippen LogP contribution in [0.15, 0.2) is 28.7 Å². The van der Waals surface area contributed by atoms with Crippen LogP contribution in [0, 0.1) is 11.8 Å². The van der Waals surface area contributed by atoms with Crippen molar-refractivity contribution in [2.24, 2.45) is 11.8 Å². The van der Waals surface area contributed by atoms with Crippen molar-refractivity contribution >= 4 is 15.9 Å². The zero-order valence-electron chi connectivity index (χ0n) is 11.3. The molecule has 0 amide bonds. The highest BCUT2D eigenvalue weighted by molar-refractivity contribution is 9.10. The summed E-state index contributed by atoms with van der Waals surface area (Å²) in [5.74, 6) is 1.90. The molecule has 1 aliphatic rings. The lowest BCUT2D eigenvalue weighted by molar-refractivity contribution is 0.262. The SMILES string of the molecule is CCC1CCC(CNCc2ccccc2Br)CC1. The number of benzene rings is 1. The third-order valence-electron chi connectivity index (χ3n) is 4.25. The van der Waals surface area contributed by atoms with Gasteiger partial charge in [0, 0.05) is 11.0 Å². The van der Waals surface area contributed by atoms with Crippen molar-refractivity contribution in [2.75, 3.05) is 6.54 Å². The molecule has 18 heavy (non-hydrogen) atoms. The van der Waals surface area contributed by atoms with E-state index in [1.54, 1.807) is 0 Å². The largest absolute Gasteiger partial charge is 0.312 e. The molecule has 0 radical (unpaired) electrons. The molecule has 0 atom stereocenters. The Morgan fingerprint density at radius 3 is 2.44 bits per heavy atom. The fraction of sp³-hybridized carbons (Fsp3) is 0.625. The highest BCUT2D eigenvalue weighted by Crippen LogP contribution is 2.30. The first-order chi connectivity index (χ1) is 8.79. The van der Waals surface area contributed by atoms with Crippen molar-refractivity contribution in [3.63, 3.8) is 0 Å². The Morgan fingerprint density at radius 1 is 1.11 bits per heavy atom. The summed E-state index contributed by atoms with van der Waals surface area (Å²) in [6.45, 7) is 4.49. The number of halogens is 1. The molecule has 0 aromatic heterocycles.